The molecule has 1 nitrogen and oxygen atoms in total. The minimum Gasteiger partial charge on any atom is -1.00 e. The van der Waals surface area contributed by atoms with Crippen molar-refractivity contribution in [2.75, 3.05) is 0 Å². The summed E-state index contributed by atoms with van der Waals surface area (Å²) in [6, 6.07) is 4.24. The van der Waals surface area contributed by atoms with Crippen LogP contribution in [-0.2, 0) is 13.0 Å². The van der Waals surface area contributed by atoms with E-state index in [1.54, 1.807) is 0 Å². The van der Waals surface area contributed by atoms with Crippen LogP contribution < -0.4 is 51.4 Å². The molecule has 0 aliphatic rings. The first-order valence-corrected chi connectivity index (χ1v) is 4.13. The zero-order chi connectivity index (χ0) is 8.10. The Morgan fingerprint density at radius 1 is 1.67 bits per heavy atom. The molecule has 12 heavy (non-hydrogen) atoms. The predicted octanol–water partition coefficient (Wildman–Crippen LogP) is -0.257. The molecule has 0 saturated carbocycles. The Morgan fingerprint density at radius 2 is 2.42 bits per heavy atom. The smallest absolute Gasteiger partial charge is 1.00 e. The quantitative estimate of drug-likeness (QED) is 0.454. The van der Waals surface area contributed by atoms with Gasteiger partial charge in [0.05, 0.1) is 0 Å². The summed E-state index contributed by atoms with van der Waals surface area (Å²) in [5, 5.41) is 0. The van der Waals surface area contributed by atoms with Gasteiger partial charge in [-0.1, -0.05) is 13.0 Å². The summed E-state index contributed by atoms with van der Waals surface area (Å²) in [5.74, 6) is 0. The Hall–Kier alpha value is 0.656. The number of rotatable bonds is 4. The molecule has 2 heteroatoms. The number of aryl methyl sites for hydroxylation is 1. The van der Waals surface area contributed by atoms with Gasteiger partial charge in [0.25, 0.3) is 0 Å². The summed E-state index contributed by atoms with van der Waals surface area (Å²) >= 11 is 0. The average molecular weight is 189 g/mol. The van der Waals surface area contributed by atoms with Gasteiger partial charge in [0, 0.05) is 24.9 Å². The average Bonchev–Trinajstić information content (AvgIpc) is 2.39. The van der Waals surface area contributed by atoms with E-state index >= 15 is 0 Å². The van der Waals surface area contributed by atoms with E-state index < -0.39 is 0 Å². The molecule has 0 radical (unpaired) electrons. The maximum absolute atomic E-state index is 3.72. The molecule has 1 rings (SSSR count). The summed E-state index contributed by atoms with van der Waals surface area (Å²) in [6.45, 7) is 7.04. The Kier molecular flexibility index (Phi) is 7.49. The summed E-state index contributed by atoms with van der Waals surface area (Å²) in [4.78, 5) is 0. The molecule has 0 atom stereocenters. The van der Waals surface area contributed by atoms with Gasteiger partial charge in [-0.3, -0.25) is 0 Å². The fourth-order valence-corrected chi connectivity index (χ4v) is 1.24. The van der Waals surface area contributed by atoms with Crippen LogP contribution in [0.5, 0.6) is 0 Å². The molecule has 0 N–H and O–H groups in total. The van der Waals surface area contributed by atoms with Crippen molar-refractivity contribution in [3.63, 3.8) is 0 Å². The van der Waals surface area contributed by atoms with Gasteiger partial charge in [-0.2, -0.15) is 0 Å². The molecule has 0 spiro atoms. The third kappa shape index (κ3) is 3.58. The summed E-state index contributed by atoms with van der Waals surface area (Å²) in [7, 11) is 0. The van der Waals surface area contributed by atoms with Gasteiger partial charge in [0.1, 0.15) is 0 Å². The zero-order valence-electron chi connectivity index (χ0n) is 9.09. The summed E-state index contributed by atoms with van der Waals surface area (Å²) < 4.78 is 2.28. The second-order valence-corrected chi connectivity index (χ2v) is 2.69. The monoisotopic (exact) mass is 189 g/mol. The molecule has 1 aromatic rings. The van der Waals surface area contributed by atoms with E-state index in [1.807, 2.05) is 6.08 Å². The molecule has 0 aliphatic carbocycles. The molecule has 0 amide bonds. The van der Waals surface area contributed by atoms with Crippen LogP contribution in [-0.4, -0.2) is 4.57 Å². The predicted molar refractivity (Wildman–Crippen MR) is 49.7 cm³/mol. The zero-order valence-corrected chi connectivity index (χ0v) is 11.2. The van der Waals surface area contributed by atoms with Crippen molar-refractivity contribution in [2.24, 2.45) is 0 Å². The standard InChI is InChI=1S/C10H15N.K.H/c1-3-6-10-7-5-9-11(10)8-4-2;;/h3,5,7,9H,1,4,6,8H2,2H3;;/q;+1;-1. The Balaban J connectivity index is 0. The third-order valence-electron chi connectivity index (χ3n) is 1.74. The maximum Gasteiger partial charge on any atom is 1.00 e. The fourth-order valence-electron chi connectivity index (χ4n) is 1.24. The maximum atomic E-state index is 3.72. The summed E-state index contributed by atoms with van der Waals surface area (Å²) in [5.41, 5.74) is 1.36. The van der Waals surface area contributed by atoms with Crippen molar-refractivity contribution >= 4 is 0 Å². The van der Waals surface area contributed by atoms with Crippen LogP contribution in [0.3, 0.4) is 0 Å². The van der Waals surface area contributed by atoms with Crippen LogP contribution in [0.2, 0.25) is 0 Å². The van der Waals surface area contributed by atoms with Gasteiger partial charge >= 0.3 is 51.4 Å². The van der Waals surface area contributed by atoms with Crippen molar-refractivity contribution in [1.29, 1.82) is 0 Å². The van der Waals surface area contributed by atoms with E-state index in [9.17, 15) is 0 Å². The Morgan fingerprint density at radius 3 is 3.00 bits per heavy atom. The molecule has 0 saturated heterocycles. The molecule has 1 aromatic heterocycles. The van der Waals surface area contributed by atoms with E-state index in [0.717, 1.165) is 13.0 Å². The van der Waals surface area contributed by atoms with Gasteiger partial charge in [0.2, 0.25) is 0 Å². The molecule has 0 aromatic carbocycles. The molecule has 0 unspecified atom stereocenters. The molecular formula is C10H16KN. The molecule has 1 heterocycles. The van der Waals surface area contributed by atoms with Crippen molar-refractivity contribution < 1.29 is 52.8 Å². The molecule has 0 fully saturated rings. The Labute approximate surface area is 119 Å². The minimum absolute atomic E-state index is 0. The van der Waals surface area contributed by atoms with Crippen LogP contribution in [0.25, 0.3) is 0 Å². The van der Waals surface area contributed by atoms with Gasteiger partial charge in [-0.05, 0) is 18.6 Å². The van der Waals surface area contributed by atoms with Gasteiger partial charge in [-0.15, -0.1) is 6.58 Å². The second kappa shape index (κ2) is 7.10. The third-order valence-corrected chi connectivity index (χ3v) is 1.74. The van der Waals surface area contributed by atoms with Gasteiger partial charge < -0.3 is 5.99 Å². The van der Waals surface area contributed by atoms with E-state index in [2.05, 4.69) is 36.4 Å². The van der Waals surface area contributed by atoms with Crippen molar-refractivity contribution in [2.45, 2.75) is 26.3 Å². The molecular weight excluding hydrogens is 173 g/mol. The van der Waals surface area contributed by atoms with Crippen LogP contribution >= 0.6 is 0 Å². The Bertz CT molecular complexity index is 233. The number of nitrogens with zero attached hydrogens (tertiary/aromatic N) is 1. The molecule has 0 bridgehead atoms. The van der Waals surface area contributed by atoms with E-state index in [1.165, 1.54) is 12.1 Å². The number of aromatic nitrogens is 1. The van der Waals surface area contributed by atoms with Crippen molar-refractivity contribution in [3.8, 4) is 0 Å². The van der Waals surface area contributed by atoms with Crippen LogP contribution in [0, 0.1) is 0 Å². The van der Waals surface area contributed by atoms with E-state index in [0.29, 0.717) is 0 Å². The number of hydrogen-bond donors (Lipinski definition) is 0. The van der Waals surface area contributed by atoms with Gasteiger partial charge in [-0.25, -0.2) is 0 Å². The summed E-state index contributed by atoms with van der Waals surface area (Å²) in [6.07, 6.45) is 6.25. The SMILES string of the molecule is C=CCc1cccn1CCC.[H-].[K+]. The topological polar surface area (TPSA) is 4.93 Å². The van der Waals surface area contributed by atoms with E-state index in [4.69, 9.17) is 0 Å². The molecule has 62 valence electrons. The van der Waals surface area contributed by atoms with Crippen LogP contribution in [0.1, 0.15) is 20.5 Å². The first-order chi connectivity index (χ1) is 5.38. The van der Waals surface area contributed by atoms with E-state index in [-0.39, 0.29) is 52.8 Å². The first-order valence-electron chi connectivity index (χ1n) is 4.13. The molecule has 0 aliphatic heterocycles. The van der Waals surface area contributed by atoms with Crippen LogP contribution in [0.15, 0.2) is 31.0 Å². The normalized spacial score (nSPS) is 9.08. The number of allylic oxidation sites excluding steroid dienone is 1. The van der Waals surface area contributed by atoms with Gasteiger partial charge in [0.15, 0.2) is 0 Å². The minimum atomic E-state index is 0. The van der Waals surface area contributed by atoms with Crippen molar-refractivity contribution in [1.82, 2.24) is 4.57 Å². The van der Waals surface area contributed by atoms with Crippen LogP contribution in [0.4, 0.5) is 0 Å². The number of hydrogen-bond acceptors (Lipinski definition) is 0. The first kappa shape index (κ1) is 12.7. The second-order valence-electron chi connectivity index (χ2n) is 2.69. The fraction of sp³-hybridized carbons (Fsp3) is 0.400. The van der Waals surface area contributed by atoms with Crippen molar-refractivity contribution in [3.05, 3.63) is 36.7 Å². The largest absolute Gasteiger partial charge is 1.00 e.